The maximum absolute atomic E-state index is 12.0. The first-order chi connectivity index (χ1) is 9.74. The fourth-order valence-electron chi connectivity index (χ4n) is 2.94. The Balaban J connectivity index is 1.91. The summed E-state index contributed by atoms with van der Waals surface area (Å²) in [5, 5.41) is 6.47. The molecule has 0 radical (unpaired) electrons. The highest BCUT2D eigenvalue weighted by molar-refractivity contribution is 5.81. The minimum atomic E-state index is 0.0489. The van der Waals surface area contributed by atoms with Crippen molar-refractivity contribution in [3.05, 3.63) is 0 Å². The Kier molecular flexibility index (Phi) is 9.73. The topological polar surface area (TPSA) is 41.1 Å². The second-order valence-electron chi connectivity index (χ2n) is 6.32. The Bertz CT molecular complexity index is 255. The van der Waals surface area contributed by atoms with Crippen molar-refractivity contribution in [3.8, 4) is 0 Å². The second-order valence-corrected chi connectivity index (χ2v) is 6.32. The van der Waals surface area contributed by atoms with E-state index in [0.29, 0.717) is 6.04 Å². The van der Waals surface area contributed by atoms with Crippen LogP contribution in [0, 0.1) is 0 Å². The average molecular weight is 282 g/mol. The van der Waals surface area contributed by atoms with E-state index in [0.717, 1.165) is 19.4 Å². The molecule has 1 aliphatic rings. The van der Waals surface area contributed by atoms with Crippen LogP contribution in [0.25, 0.3) is 0 Å². The summed E-state index contributed by atoms with van der Waals surface area (Å²) in [6.45, 7) is 5.27. The largest absolute Gasteiger partial charge is 0.355 e. The minimum Gasteiger partial charge on any atom is -0.355 e. The highest BCUT2D eigenvalue weighted by Crippen LogP contribution is 2.12. The number of unbranched alkanes of at least 4 members (excludes halogenated alkanes) is 7. The van der Waals surface area contributed by atoms with Gasteiger partial charge in [-0.2, -0.15) is 0 Å². The molecule has 3 heteroatoms. The molecule has 1 aliphatic heterocycles. The van der Waals surface area contributed by atoms with Gasteiger partial charge in [0.05, 0.1) is 6.04 Å². The predicted molar refractivity (Wildman–Crippen MR) is 85.9 cm³/mol. The third-order valence-electron chi connectivity index (χ3n) is 4.26. The summed E-state index contributed by atoms with van der Waals surface area (Å²) in [6.07, 6.45) is 13.9. The van der Waals surface area contributed by atoms with Crippen molar-refractivity contribution in [3.63, 3.8) is 0 Å². The lowest BCUT2D eigenvalue weighted by Gasteiger charge is -2.27. The van der Waals surface area contributed by atoms with Crippen LogP contribution >= 0.6 is 0 Å². The molecule has 1 amide bonds. The van der Waals surface area contributed by atoms with E-state index in [9.17, 15) is 4.79 Å². The van der Waals surface area contributed by atoms with Gasteiger partial charge in [-0.15, -0.1) is 0 Å². The van der Waals surface area contributed by atoms with Gasteiger partial charge < -0.3 is 10.6 Å². The zero-order valence-corrected chi connectivity index (χ0v) is 13.5. The lowest BCUT2D eigenvalue weighted by Crippen LogP contribution is -2.50. The second kappa shape index (κ2) is 11.1. The van der Waals surface area contributed by atoms with Crippen LogP contribution in [0.1, 0.15) is 84.5 Å². The number of carbonyl (C=O) groups is 1. The van der Waals surface area contributed by atoms with E-state index < -0.39 is 0 Å². The van der Waals surface area contributed by atoms with Crippen molar-refractivity contribution >= 4 is 5.91 Å². The van der Waals surface area contributed by atoms with E-state index in [-0.39, 0.29) is 11.9 Å². The Morgan fingerprint density at radius 2 is 1.70 bits per heavy atom. The molecule has 0 aliphatic carbocycles. The van der Waals surface area contributed by atoms with Crippen LogP contribution in [-0.2, 0) is 4.79 Å². The van der Waals surface area contributed by atoms with Gasteiger partial charge >= 0.3 is 0 Å². The fraction of sp³-hybridized carbons (Fsp3) is 0.941. The molecule has 2 N–H and O–H groups in total. The summed E-state index contributed by atoms with van der Waals surface area (Å²) in [7, 11) is 0. The molecule has 0 bridgehead atoms. The Hall–Kier alpha value is -0.570. The highest BCUT2D eigenvalue weighted by Gasteiger charge is 2.23. The van der Waals surface area contributed by atoms with Gasteiger partial charge in [0.25, 0.3) is 0 Å². The van der Waals surface area contributed by atoms with E-state index >= 15 is 0 Å². The molecule has 2 atom stereocenters. The Morgan fingerprint density at radius 1 is 1.05 bits per heavy atom. The molecular weight excluding hydrogens is 248 g/mol. The molecule has 3 nitrogen and oxygen atoms in total. The molecule has 0 saturated carbocycles. The standard InChI is InChI=1S/C17H34N2O/c1-3-4-5-6-7-8-9-10-14-18-17(20)16-13-11-12-15(2)19-16/h15-16,19H,3-14H2,1-2H3,(H,18,20). The number of piperidine rings is 1. The van der Waals surface area contributed by atoms with Crippen LogP contribution in [0.5, 0.6) is 0 Å². The van der Waals surface area contributed by atoms with Crippen molar-refractivity contribution in [2.24, 2.45) is 0 Å². The van der Waals surface area contributed by atoms with Crippen LogP contribution in [0.3, 0.4) is 0 Å². The van der Waals surface area contributed by atoms with Crippen LogP contribution < -0.4 is 10.6 Å². The van der Waals surface area contributed by atoms with Crippen molar-refractivity contribution in [1.29, 1.82) is 0 Å². The van der Waals surface area contributed by atoms with Gasteiger partial charge in [-0.05, 0) is 32.6 Å². The van der Waals surface area contributed by atoms with Crippen molar-refractivity contribution in [1.82, 2.24) is 10.6 Å². The monoisotopic (exact) mass is 282 g/mol. The van der Waals surface area contributed by atoms with Crippen molar-refractivity contribution in [2.45, 2.75) is 96.6 Å². The molecule has 20 heavy (non-hydrogen) atoms. The van der Waals surface area contributed by atoms with Crippen LogP contribution in [0.4, 0.5) is 0 Å². The first-order valence-electron chi connectivity index (χ1n) is 8.77. The van der Waals surface area contributed by atoms with Gasteiger partial charge in [0.2, 0.25) is 5.91 Å². The number of hydrogen-bond acceptors (Lipinski definition) is 2. The zero-order valence-electron chi connectivity index (χ0n) is 13.5. The number of rotatable bonds is 10. The summed E-state index contributed by atoms with van der Waals surface area (Å²) in [4.78, 5) is 12.0. The quantitative estimate of drug-likeness (QED) is 0.599. The van der Waals surface area contributed by atoms with E-state index in [1.807, 2.05) is 0 Å². The molecular formula is C17H34N2O. The van der Waals surface area contributed by atoms with E-state index in [1.54, 1.807) is 0 Å². The first-order valence-corrected chi connectivity index (χ1v) is 8.77. The number of hydrogen-bond donors (Lipinski definition) is 2. The minimum absolute atomic E-state index is 0.0489. The first kappa shape index (κ1) is 17.5. The molecule has 118 valence electrons. The average Bonchev–Trinajstić information content (AvgIpc) is 2.45. The molecule has 0 spiro atoms. The highest BCUT2D eigenvalue weighted by atomic mass is 16.2. The van der Waals surface area contributed by atoms with Crippen molar-refractivity contribution in [2.75, 3.05) is 6.54 Å². The Morgan fingerprint density at radius 3 is 2.35 bits per heavy atom. The molecule has 1 rings (SSSR count). The molecule has 1 fully saturated rings. The third kappa shape index (κ3) is 7.88. The lowest BCUT2D eigenvalue weighted by atomic mass is 9.99. The Labute approximate surface area is 125 Å². The van der Waals surface area contributed by atoms with Crippen LogP contribution in [0.15, 0.2) is 0 Å². The summed E-state index contributed by atoms with van der Waals surface area (Å²) in [5.74, 6) is 0.208. The van der Waals surface area contributed by atoms with Gasteiger partial charge in [0, 0.05) is 12.6 Å². The van der Waals surface area contributed by atoms with Gasteiger partial charge in [0.1, 0.15) is 0 Å². The van der Waals surface area contributed by atoms with E-state index in [4.69, 9.17) is 0 Å². The summed E-state index contributed by atoms with van der Waals surface area (Å²) in [5.41, 5.74) is 0. The smallest absolute Gasteiger partial charge is 0.237 e. The normalized spacial score (nSPS) is 22.7. The molecule has 0 aromatic heterocycles. The summed E-state index contributed by atoms with van der Waals surface area (Å²) >= 11 is 0. The number of carbonyl (C=O) groups excluding carboxylic acids is 1. The molecule has 1 saturated heterocycles. The van der Waals surface area contributed by atoms with E-state index in [2.05, 4.69) is 24.5 Å². The lowest BCUT2D eigenvalue weighted by molar-refractivity contribution is -0.123. The molecule has 0 aromatic carbocycles. The molecule has 2 unspecified atom stereocenters. The SMILES string of the molecule is CCCCCCCCCCNC(=O)C1CCCC(C)N1. The van der Waals surface area contributed by atoms with Gasteiger partial charge in [-0.3, -0.25) is 4.79 Å². The van der Waals surface area contributed by atoms with Gasteiger partial charge in [-0.1, -0.05) is 51.9 Å². The van der Waals surface area contributed by atoms with Crippen molar-refractivity contribution < 1.29 is 4.79 Å². The zero-order chi connectivity index (χ0) is 14.6. The predicted octanol–water partition coefficient (Wildman–Crippen LogP) is 3.77. The van der Waals surface area contributed by atoms with Gasteiger partial charge in [0.15, 0.2) is 0 Å². The molecule has 0 aromatic rings. The third-order valence-corrected chi connectivity index (χ3v) is 4.26. The number of amides is 1. The summed E-state index contributed by atoms with van der Waals surface area (Å²) < 4.78 is 0. The van der Waals surface area contributed by atoms with Gasteiger partial charge in [-0.25, -0.2) is 0 Å². The van der Waals surface area contributed by atoms with Crippen LogP contribution in [-0.4, -0.2) is 24.5 Å². The number of nitrogens with one attached hydrogen (secondary N) is 2. The fourth-order valence-corrected chi connectivity index (χ4v) is 2.94. The maximum atomic E-state index is 12.0. The van der Waals surface area contributed by atoms with E-state index in [1.165, 1.54) is 57.8 Å². The molecule has 1 heterocycles. The maximum Gasteiger partial charge on any atom is 0.237 e. The summed E-state index contributed by atoms with van der Waals surface area (Å²) in [6, 6.07) is 0.537. The van der Waals surface area contributed by atoms with Crippen LogP contribution in [0.2, 0.25) is 0 Å².